The lowest BCUT2D eigenvalue weighted by Crippen LogP contribution is -2.28. The zero-order valence-corrected chi connectivity index (χ0v) is 13.8. The maximum absolute atomic E-state index is 12.3. The Morgan fingerprint density at radius 1 is 1.38 bits per heavy atom. The van der Waals surface area contributed by atoms with Gasteiger partial charge in [0.05, 0.1) is 11.6 Å². The molecular formula is C18H26N2O. The summed E-state index contributed by atoms with van der Waals surface area (Å²) < 4.78 is 0. The first-order chi connectivity index (χ1) is 9.71. The molecule has 0 aliphatic carbocycles. The Bertz CT molecular complexity index is 523. The van der Waals surface area contributed by atoms with Crippen LogP contribution < -0.4 is 0 Å². The van der Waals surface area contributed by atoms with Crippen molar-refractivity contribution in [1.29, 1.82) is 5.26 Å². The minimum atomic E-state index is 0.161. The van der Waals surface area contributed by atoms with Gasteiger partial charge in [-0.25, -0.2) is 0 Å². The van der Waals surface area contributed by atoms with Crippen LogP contribution >= 0.6 is 0 Å². The van der Waals surface area contributed by atoms with E-state index in [-0.39, 0.29) is 11.3 Å². The summed E-state index contributed by atoms with van der Waals surface area (Å²) in [4.78, 5) is 14.0. The summed E-state index contributed by atoms with van der Waals surface area (Å²) in [6, 6.07) is 9.54. The van der Waals surface area contributed by atoms with Gasteiger partial charge < -0.3 is 4.90 Å². The standard InChI is InChI=1S/C18H26N2O/c1-14(11-18(2,3)4)9-17(21)20(5)13-16-8-6-7-15(10-16)12-19/h6-8,10,14H,9,11,13H2,1-5H3. The van der Waals surface area contributed by atoms with Crippen LogP contribution in [0.1, 0.15) is 51.7 Å². The van der Waals surface area contributed by atoms with E-state index in [1.54, 1.807) is 11.0 Å². The molecule has 1 atom stereocenters. The van der Waals surface area contributed by atoms with Crippen molar-refractivity contribution >= 4 is 5.91 Å². The Morgan fingerprint density at radius 3 is 2.62 bits per heavy atom. The number of carbonyl (C=O) groups is 1. The molecule has 0 aliphatic heterocycles. The third kappa shape index (κ3) is 6.44. The Labute approximate surface area is 128 Å². The van der Waals surface area contributed by atoms with Gasteiger partial charge in [-0.1, -0.05) is 39.8 Å². The molecule has 0 bridgehead atoms. The van der Waals surface area contributed by atoms with Crippen LogP contribution in [-0.4, -0.2) is 17.9 Å². The molecule has 0 heterocycles. The van der Waals surface area contributed by atoms with Gasteiger partial charge in [-0.15, -0.1) is 0 Å². The van der Waals surface area contributed by atoms with Crippen molar-refractivity contribution in [3.05, 3.63) is 35.4 Å². The van der Waals surface area contributed by atoms with Crippen LogP contribution in [0.4, 0.5) is 0 Å². The highest BCUT2D eigenvalue weighted by Crippen LogP contribution is 2.26. The van der Waals surface area contributed by atoms with E-state index in [0.717, 1.165) is 12.0 Å². The van der Waals surface area contributed by atoms with Gasteiger partial charge in [0.1, 0.15) is 0 Å². The van der Waals surface area contributed by atoms with E-state index in [1.165, 1.54) is 0 Å². The minimum absolute atomic E-state index is 0.161. The summed E-state index contributed by atoms with van der Waals surface area (Å²) in [7, 11) is 1.82. The maximum atomic E-state index is 12.3. The largest absolute Gasteiger partial charge is 0.341 e. The highest BCUT2D eigenvalue weighted by Gasteiger charge is 2.19. The zero-order valence-electron chi connectivity index (χ0n) is 13.8. The van der Waals surface area contributed by atoms with Crippen molar-refractivity contribution < 1.29 is 4.79 Å². The molecule has 1 rings (SSSR count). The van der Waals surface area contributed by atoms with Crippen LogP contribution in [0.15, 0.2) is 24.3 Å². The van der Waals surface area contributed by atoms with E-state index in [2.05, 4.69) is 33.8 Å². The lowest BCUT2D eigenvalue weighted by atomic mass is 9.84. The molecule has 3 heteroatoms. The van der Waals surface area contributed by atoms with Crippen LogP contribution in [0.3, 0.4) is 0 Å². The second-order valence-corrected chi connectivity index (χ2v) is 7.14. The van der Waals surface area contributed by atoms with Gasteiger partial charge in [-0.3, -0.25) is 4.79 Å². The predicted molar refractivity (Wildman–Crippen MR) is 85.5 cm³/mol. The molecular weight excluding hydrogens is 260 g/mol. The van der Waals surface area contributed by atoms with E-state index in [9.17, 15) is 4.79 Å². The number of hydrogen-bond donors (Lipinski definition) is 0. The molecule has 0 N–H and O–H groups in total. The van der Waals surface area contributed by atoms with Crippen LogP contribution in [0, 0.1) is 22.7 Å². The summed E-state index contributed by atoms with van der Waals surface area (Å²) in [5.74, 6) is 0.541. The average Bonchev–Trinajstić information content (AvgIpc) is 2.36. The summed E-state index contributed by atoms with van der Waals surface area (Å²) in [5.41, 5.74) is 1.88. The zero-order chi connectivity index (χ0) is 16.0. The number of amides is 1. The first kappa shape index (κ1) is 17.2. The number of benzene rings is 1. The topological polar surface area (TPSA) is 44.1 Å². The maximum Gasteiger partial charge on any atom is 0.222 e. The number of nitriles is 1. The van der Waals surface area contributed by atoms with Gasteiger partial charge in [-0.2, -0.15) is 5.26 Å². The van der Waals surface area contributed by atoms with E-state index in [0.29, 0.717) is 24.4 Å². The fourth-order valence-corrected chi connectivity index (χ4v) is 2.67. The molecule has 0 aliphatic rings. The number of rotatable bonds is 5. The SMILES string of the molecule is CC(CC(=O)N(C)Cc1cccc(C#N)c1)CC(C)(C)C. The predicted octanol–water partition coefficient (Wildman–Crippen LogP) is 3.98. The fraction of sp³-hybridized carbons (Fsp3) is 0.556. The van der Waals surface area contributed by atoms with Crippen LogP contribution in [-0.2, 0) is 11.3 Å². The first-order valence-corrected chi connectivity index (χ1v) is 7.44. The van der Waals surface area contributed by atoms with E-state index in [1.807, 2.05) is 25.2 Å². The van der Waals surface area contributed by atoms with Crippen molar-refractivity contribution in [3.63, 3.8) is 0 Å². The van der Waals surface area contributed by atoms with Gasteiger partial charge in [0.2, 0.25) is 5.91 Å². The van der Waals surface area contributed by atoms with Gasteiger partial charge in [0, 0.05) is 20.0 Å². The fourth-order valence-electron chi connectivity index (χ4n) is 2.67. The lowest BCUT2D eigenvalue weighted by molar-refractivity contribution is -0.131. The van der Waals surface area contributed by atoms with Crippen LogP contribution in [0.25, 0.3) is 0 Å². The van der Waals surface area contributed by atoms with Crippen LogP contribution in [0.5, 0.6) is 0 Å². The van der Waals surface area contributed by atoms with E-state index >= 15 is 0 Å². The molecule has 1 aromatic carbocycles. The van der Waals surface area contributed by atoms with Crippen molar-refractivity contribution in [2.75, 3.05) is 7.05 Å². The highest BCUT2D eigenvalue weighted by molar-refractivity contribution is 5.76. The number of nitrogens with zero attached hydrogens (tertiary/aromatic N) is 2. The van der Waals surface area contributed by atoms with Gasteiger partial charge in [0.25, 0.3) is 0 Å². The highest BCUT2D eigenvalue weighted by atomic mass is 16.2. The van der Waals surface area contributed by atoms with Crippen molar-refractivity contribution in [2.24, 2.45) is 11.3 Å². The van der Waals surface area contributed by atoms with E-state index < -0.39 is 0 Å². The molecule has 114 valence electrons. The van der Waals surface area contributed by atoms with Gasteiger partial charge >= 0.3 is 0 Å². The second kappa shape index (κ2) is 7.26. The van der Waals surface area contributed by atoms with Crippen molar-refractivity contribution in [3.8, 4) is 6.07 Å². The Morgan fingerprint density at radius 2 is 2.05 bits per heavy atom. The Hall–Kier alpha value is -1.82. The lowest BCUT2D eigenvalue weighted by Gasteiger charge is -2.25. The first-order valence-electron chi connectivity index (χ1n) is 7.44. The van der Waals surface area contributed by atoms with Crippen LogP contribution in [0.2, 0.25) is 0 Å². The van der Waals surface area contributed by atoms with Crippen molar-refractivity contribution in [2.45, 2.75) is 47.1 Å². The summed E-state index contributed by atoms with van der Waals surface area (Å²) in [6.07, 6.45) is 1.61. The quantitative estimate of drug-likeness (QED) is 0.821. The van der Waals surface area contributed by atoms with Crippen molar-refractivity contribution in [1.82, 2.24) is 4.90 Å². The Balaban J connectivity index is 2.56. The number of hydrogen-bond acceptors (Lipinski definition) is 2. The summed E-state index contributed by atoms with van der Waals surface area (Å²) in [6.45, 7) is 9.28. The summed E-state index contributed by atoms with van der Waals surface area (Å²) >= 11 is 0. The molecule has 0 radical (unpaired) electrons. The molecule has 0 spiro atoms. The third-order valence-corrected chi connectivity index (χ3v) is 3.39. The number of carbonyl (C=O) groups excluding carboxylic acids is 1. The molecule has 0 saturated heterocycles. The van der Waals surface area contributed by atoms with Gasteiger partial charge in [0.15, 0.2) is 0 Å². The smallest absolute Gasteiger partial charge is 0.222 e. The molecule has 1 unspecified atom stereocenters. The molecule has 21 heavy (non-hydrogen) atoms. The second-order valence-electron chi connectivity index (χ2n) is 7.14. The molecule has 3 nitrogen and oxygen atoms in total. The average molecular weight is 286 g/mol. The molecule has 1 amide bonds. The Kier molecular flexibility index (Phi) is 5.96. The molecule has 1 aromatic rings. The van der Waals surface area contributed by atoms with Gasteiger partial charge in [-0.05, 0) is 35.4 Å². The summed E-state index contributed by atoms with van der Waals surface area (Å²) in [5, 5.41) is 8.90. The molecule has 0 fully saturated rings. The monoisotopic (exact) mass is 286 g/mol. The minimum Gasteiger partial charge on any atom is -0.341 e. The molecule has 0 saturated carbocycles. The molecule has 0 aromatic heterocycles. The normalized spacial score (nSPS) is 12.6. The third-order valence-electron chi connectivity index (χ3n) is 3.39. The van der Waals surface area contributed by atoms with E-state index in [4.69, 9.17) is 5.26 Å².